The van der Waals surface area contributed by atoms with Crippen LogP contribution in [0.2, 0.25) is 0 Å². The number of aromatic nitrogens is 7. The molecule has 0 radical (unpaired) electrons. The van der Waals surface area contributed by atoms with E-state index in [1.807, 2.05) is 91.0 Å². The average molecular weight is 500 g/mol. The van der Waals surface area contributed by atoms with Gasteiger partial charge < -0.3 is 10.3 Å². The van der Waals surface area contributed by atoms with Gasteiger partial charge in [0, 0.05) is 16.7 Å². The number of hydrogen-bond donors (Lipinski definition) is 2. The zero-order chi connectivity index (χ0) is 24.8. The third kappa shape index (κ3) is 3.67. The fraction of sp³-hybridized carbons (Fsp3) is 0. The highest BCUT2D eigenvalue weighted by atomic mass is 32.1. The molecule has 0 saturated carbocycles. The maximum absolute atomic E-state index is 5.36. The zero-order valence-electron chi connectivity index (χ0n) is 19.2. The zero-order valence-corrected chi connectivity index (χ0v) is 20.0. The third-order valence-corrected chi connectivity index (χ3v) is 6.19. The standard InChI is InChI=1S/C27H17N9S/c37-27-31-23-19-24(32-27)35-36(25(19)30-22(29-23)18-14-8-3-9-15-18)26-28-20(16-10-4-1-5-11-16)21(33-34-26)17-12-6-2-7-13-17/h1-15H,(H2,29,30,31,32,35,37). The van der Waals surface area contributed by atoms with Gasteiger partial charge in [0.25, 0.3) is 5.95 Å². The molecular formula is C27H17N9S. The van der Waals surface area contributed by atoms with Crippen molar-refractivity contribution < 1.29 is 0 Å². The van der Waals surface area contributed by atoms with Crippen molar-refractivity contribution in [3.8, 4) is 28.5 Å². The molecule has 1 aliphatic heterocycles. The first-order valence-corrected chi connectivity index (χ1v) is 12.0. The summed E-state index contributed by atoms with van der Waals surface area (Å²) >= 11 is 5.36. The fourth-order valence-corrected chi connectivity index (χ4v) is 4.50. The van der Waals surface area contributed by atoms with Crippen LogP contribution in [0.5, 0.6) is 0 Å². The number of rotatable bonds is 4. The summed E-state index contributed by atoms with van der Waals surface area (Å²) < 4.78 is 1.89. The number of aliphatic imine (C=N–C) groups is 1. The van der Waals surface area contributed by atoms with Gasteiger partial charge >= 0.3 is 0 Å². The lowest BCUT2D eigenvalue weighted by Gasteiger charge is -2.15. The van der Waals surface area contributed by atoms with Gasteiger partial charge in [-0.1, -0.05) is 91.0 Å². The minimum atomic E-state index is 0.285. The SMILES string of the molecule is S=c1nc2c3c(n(-c4nnc(-c5ccccc5)c(-c5ccccc5)n4)nc3[nH]1)N=C(c1ccccc1)N2. The van der Waals surface area contributed by atoms with E-state index in [4.69, 9.17) is 27.3 Å². The Hall–Kier alpha value is -5.09. The van der Waals surface area contributed by atoms with Gasteiger partial charge in [-0.15, -0.1) is 15.3 Å². The van der Waals surface area contributed by atoms with Crippen LogP contribution in [0.1, 0.15) is 5.56 Å². The molecule has 7 rings (SSSR count). The number of aromatic amines is 1. The highest BCUT2D eigenvalue weighted by molar-refractivity contribution is 7.71. The first kappa shape index (κ1) is 21.2. The predicted molar refractivity (Wildman–Crippen MR) is 145 cm³/mol. The van der Waals surface area contributed by atoms with Gasteiger partial charge in [0.2, 0.25) is 0 Å². The van der Waals surface area contributed by atoms with Crippen molar-refractivity contribution in [2.45, 2.75) is 0 Å². The molecule has 0 spiro atoms. The van der Waals surface area contributed by atoms with Crippen molar-refractivity contribution in [3.05, 3.63) is 101 Å². The molecule has 3 aromatic heterocycles. The Labute approximate surface area is 215 Å². The number of H-pyrrole nitrogens is 1. The molecule has 6 aromatic rings. The van der Waals surface area contributed by atoms with E-state index in [0.29, 0.717) is 44.7 Å². The van der Waals surface area contributed by atoms with Crippen LogP contribution in [0, 0.1) is 4.77 Å². The van der Waals surface area contributed by atoms with Crippen molar-refractivity contribution in [2.75, 3.05) is 5.32 Å². The number of anilines is 1. The highest BCUT2D eigenvalue weighted by Crippen LogP contribution is 2.36. The monoisotopic (exact) mass is 499 g/mol. The molecule has 0 atom stereocenters. The second-order valence-corrected chi connectivity index (χ2v) is 8.73. The van der Waals surface area contributed by atoms with Crippen molar-refractivity contribution in [1.29, 1.82) is 0 Å². The molecule has 0 aliphatic carbocycles. The van der Waals surface area contributed by atoms with Crippen LogP contribution < -0.4 is 5.32 Å². The molecule has 3 aromatic carbocycles. The van der Waals surface area contributed by atoms with Crippen molar-refractivity contribution in [3.63, 3.8) is 0 Å². The maximum Gasteiger partial charge on any atom is 0.272 e. The molecule has 0 bridgehead atoms. The molecule has 10 heteroatoms. The number of benzene rings is 3. The molecule has 0 saturated heterocycles. The average Bonchev–Trinajstić information content (AvgIpc) is 3.33. The summed E-state index contributed by atoms with van der Waals surface area (Å²) in [5.74, 6) is 2.02. The minimum absolute atomic E-state index is 0.285. The second-order valence-electron chi connectivity index (χ2n) is 8.34. The Bertz CT molecular complexity index is 1860. The van der Waals surface area contributed by atoms with Gasteiger partial charge in [0.1, 0.15) is 28.4 Å². The Morgan fingerprint density at radius 3 is 1.97 bits per heavy atom. The molecule has 1 aliphatic rings. The van der Waals surface area contributed by atoms with E-state index < -0.39 is 0 Å². The molecule has 0 fully saturated rings. The van der Waals surface area contributed by atoms with Gasteiger partial charge in [-0.25, -0.2) is 15.0 Å². The van der Waals surface area contributed by atoms with Gasteiger partial charge in [-0.3, -0.25) is 0 Å². The number of hydrogen-bond acceptors (Lipinski definition) is 8. The van der Waals surface area contributed by atoms with E-state index in [1.54, 1.807) is 4.68 Å². The largest absolute Gasteiger partial charge is 0.324 e. The number of amidine groups is 1. The lowest BCUT2D eigenvalue weighted by atomic mass is 10.0. The number of nitrogens with one attached hydrogen (secondary N) is 2. The fourth-order valence-electron chi connectivity index (χ4n) is 4.31. The lowest BCUT2D eigenvalue weighted by molar-refractivity contribution is 0.784. The maximum atomic E-state index is 5.36. The molecule has 9 nitrogen and oxygen atoms in total. The summed E-state index contributed by atoms with van der Waals surface area (Å²) in [5.41, 5.74) is 4.64. The second kappa shape index (κ2) is 8.54. The predicted octanol–water partition coefficient (Wildman–Crippen LogP) is 5.50. The molecule has 0 amide bonds. The van der Waals surface area contributed by atoms with Gasteiger partial charge in [-0.05, 0) is 12.2 Å². The van der Waals surface area contributed by atoms with E-state index in [2.05, 4.69) is 25.5 Å². The normalized spacial score (nSPS) is 12.3. The summed E-state index contributed by atoms with van der Waals surface area (Å²) in [4.78, 5) is 17.4. The summed E-state index contributed by atoms with van der Waals surface area (Å²) in [6, 6.07) is 29.6. The molecule has 37 heavy (non-hydrogen) atoms. The highest BCUT2D eigenvalue weighted by Gasteiger charge is 2.26. The quantitative estimate of drug-likeness (QED) is 0.308. The summed E-state index contributed by atoms with van der Waals surface area (Å²) in [7, 11) is 0. The smallest absolute Gasteiger partial charge is 0.272 e. The molecule has 176 valence electrons. The van der Waals surface area contributed by atoms with Crippen LogP contribution >= 0.6 is 12.2 Å². The summed E-state index contributed by atoms with van der Waals surface area (Å²) in [5, 5.41) is 17.8. The molecule has 2 N–H and O–H groups in total. The Balaban J connectivity index is 1.47. The molecule has 4 heterocycles. The Kier molecular flexibility index (Phi) is 4.90. The molecule has 0 unspecified atom stereocenters. The van der Waals surface area contributed by atoms with E-state index in [0.717, 1.165) is 16.7 Å². The van der Waals surface area contributed by atoms with Crippen LogP contribution in [0.15, 0.2) is 96.0 Å². The number of nitrogens with zero attached hydrogens (tertiary/aromatic N) is 7. The lowest BCUT2D eigenvalue weighted by Crippen LogP contribution is -2.18. The van der Waals surface area contributed by atoms with Crippen molar-refractivity contribution in [2.24, 2.45) is 4.99 Å². The Morgan fingerprint density at radius 1 is 0.676 bits per heavy atom. The van der Waals surface area contributed by atoms with Gasteiger partial charge in [0.15, 0.2) is 16.2 Å². The van der Waals surface area contributed by atoms with E-state index >= 15 is 0 Å². The van der Waals surface area contributed by atoms with Crippen LogP contribution in [0.25, 0.3) is 39.5 Å². The third-order valence-electron chi connectivity index (χ3n) is 6.00. The van der Waals surface area contributed by atoms with Gasteiger partial charge in [-0.2, -0.15) is 4.68 Å². The van der Waals surface area contributed by atoms with Crippen LogP contribution in [0.3, 0.4) is 0 Å². The first-order chi connectivity index (χ1) is 18.2. The van der Waals surface area contributed by atoms with Crippen LogP contribution in [0.4, 0.5) is 11.6 Å². The first-order valence-electron chi connectivity index (χ1n) is 11.5. The summed E-state index contributed by atoms with van der Waals surface area (Å²) in [6.07, 6.45) is 0. The van der Waals surface area contributed by atoms with Crippen LogP contribution in [-0.2, 0) is 0 Å². The van der Waals surface area contributed by atoms with E-state index in [-0.39, 0.29) is 5.95 Å². The van der Waals surface area contributed by atoms with Crippen LogP contribution in [-0.4, -0.2) is 40.8 Å². The Morgan fingerprint density at radius 2 is 1.30 bits per heavy atom. The van der Waals surface area contributed by atoms with Gasteiger partial charge in [0.05, 0.1) is 0 Å². The van der Waals surface area contributed by atoms with Crippen molar-refractivity contribution >= 4 is 40.7 Å². The molecular weight excluding hydrogens is 482 g/mol. The van der Waals surface area contributed by atoms with E-state index in [9.17, 15) is 0 Å². The van der Waals surface area contributed by atoms with E-state index in [1.165, 1.54) is 0 Å². The minimum Gasteiger partial charge on any atom is -0.324 e. The summed E-state index contributed by atoms with van der Waals surface area (Å²) in [6.45, 7) is 0. The van der Waals surface area contributed by atoms with Crippen molar-refractivity contribution in [1.82, 2.24) is 34.9 Å². The topological polar surface area (TPSA) is 110 Å².